The summed E-state index contributed by atoms with van der Waals surface area (Å²) in [5, 5.41) is 6.23. The van der Waals surface area contributed by atoms with Gasteiger partial charge in [-0.1, -0.05) is 18.2 Å². The number of benzene rings is 2. The van der Waals surface area contributed by atoms with Crippen LogP contribution in [0.1, 0.15) is 5.56 Å². The van der Waals surface area contributed by atoms with E-state index < -0.39 is 0 Å². The molecule has 0 aliphatic heterocycles. The van der Waals surface area contributed by atoms with Crippen LogP contribution in [-0.2, 0) is 11.3 Å². The molecule has 1 N–H and O–H groups in total. The highest BCUT2D eigenvalue weighted by molar-refractivity contribution is 6.29. The average molecular weight is 395 g/mol. The number of nitrogens with zero attached hydrogens (tertiary/aromatic N) is 3. The highest BCUT2D eigenvalue weighted by Gasteiger charge is 2.17. The van der Waals surface area contributed by atoms with Crippen LogP contribution in [0.5, 0.6) is 0 Å². The number of aryl methyl sites for hydroxylation is 1. The SMILES string of the molecule is Cc1c2ccccc2nc2c1c1cc(NC(=O)CCl)ccc1n2CCN(C)C. The summed E-state index contributed by atoms with van der Waals surface area (Å²) in [6.45, 7) is 3.90. The van der Waals surface area contributed by atoms with Gasteiger partial charge in [0.15, 0.2) is 0 Å². The van der Waals surface area contributed by atoms with Crippen molar-refractivity contribution in [3.63, 3.8) is 0 Å². The number of amides is 1. The predicted molar refractivity (Wildman–Crippen MR) is 117 cm³/mol. The molecule has 144 valence electrons. The quantitative estimate of drug-likeness (QED) is 0.511. The van der Waals surface area contributed by atoms with Crippen LogP contribution in [0.25, 0.3) is 32.8 Å². The largest absolute Gasteiger partial charge is 0.325 e. The highest BCUT2D eigenvalue weighted by Crippen LogP contribution is 2.35. The van der Waals surface area contributed by atoms with Crippen molar-refractivity contribution >= 4 is 56.0 Å². The number of pyridine rings is 1. The van der Waals surface area contributed by atoms with E-state index in [1.807, 2.05) is 24.3 Å². The maximum atomic E-state index is 11.7. The van der Waals surface area contributed by atoms with Gasteiger partial charge in [0.25, 0.3) is 0 Å². The molecular weight excluding hydrogens is 372 g/mol. The molecule has 0 bridgehead atoms. The summed E-state index contributed by atoms with van der Waals surface area (Å²) >= 11 is 5.65. The molecule has 0 unspecified atom stereocenters. The molecule has 0 fully saturated rings. The van der Waals surface area contributed by atoms with Crippen molar-refractivity contribution in [3.05, 3.63) is 48.0 Å². The molecule has 0 saturated carbocycles. The van der Waals surface area contributed by atoms with Gasteiger partial charge in [-0.2, -0.15) is 0 Å². The number of likely N-dealkylation sites (N-methyl/N-ethyl adjacent to an activating group) is 1. The summed E-state index contributed by atoms with van der Waals surface area (Å²) < 4.78 is 2.28. The third kappa shape index (κ3) is 3.21. The number of aromatic nitrogens is 2. The molecule has 2 aromatic heterocycles. The lowest BCUT2D eigenvalue weighted by Gasteiger charge is -2.12. The fourth-order valence-corrected chi connectivity index (χ4v) is 3.83. The van der Waals surface area contributed by atoms with Crippen molar-refractivity contribution in [1.82, 2.24) is 14.5 Å². The Balaban J connectivity index is 2.02. The predicted octanol–water partition coefficient (Wildman–Crippen LogP) is 4.39. The Morgan fingerprint density at radius 1 is 1.18 bits per heavy atom. The minimum absolute atomic E-state index is 0.0617. The topological polar surface area (TPSA) is 50.2 Å². The number of carbonyl (C=O) groups excluding carboxylic acids is 1. The summed E-state index contributed by atoms with van der Waals surface area (Å²) in [6.07, 6.45) is 0. The lowest BCUT2D eigenvalue weighted by Crippen LogP contribution is -2.18. The van der Waals surface area contributed by atoms with Gasteiger partial charge in [-0.05, 0) is 50.8 Å². The first-order chi connectivity index (χ1) is 13.5. The van der Waals surface area contributed by atoms with Gasteiger partial charge in [0, 0.05) is 34.9 Å². The number of para-hydroxylation sites is 1. The van der Waals surface area contributed by atoms with Crippen LogP contribution in [0.2, 0.25) is 0 Å². The van der Waals surface area contributed by atoms with Crippen LogP contribution in [0.3, 0.4) is 0 Å². The molecule has 4 aromatic rings. The van der Waals surface area contributed by atoms with Crippen molar-refractivity contribution < 1.29 is 4.79 Å². The Kier molecular flexibility index (Phi) is 4.96. The molecule has 4 rings (SSSR count). The van der Waals surface area contributed by atoms with E-state index in [0.717, 1.165) is 51.6 Å². The molecule has 2 heterocycles. The fraction of sp³-hybridized carbons (Fsp3) is 0.273. The van der Waals surface area contributed by atoms with E-state index in [-0.39, 0.29) is 11.8 Å². The van der Waals surface area contributed by atoms with Crippen LogP contribution in [0, 0.1) is 6.92 Å². The van der Waals surface area contributed by atoms with Crippen LogP contribution in [0.4, 0.5) is 5.69 Å². The molecule has 0 atom stereocenters. The number of fused-ring (bicyclic) bond motifs is 4. The number of hydrogen-bond donors (Lipinski definition) is 1. The van der Waals surface area contributed by atoms with E-state index in [9.17, 15) is 4.79 Å². The molecule has 0 aliphatic carbocycles. The Morgan fingerprint density at radius 2 is 1.96 bits per heavy atom. The van der Waals surface area contributed by atoms with Crippen LogP contribution >= 0.6 is 11.6 Å². The van der Waals surface area contributed by atoms with Gasteiger partial charge in [-0.3, -0.25) is 4.79 Å². The van der Waals surface area contributed by atoms with E-state index in [1.165, 1.54) is 5.56 Å². The molecular formula is C22H23ClN4O. The molecule has 5 nitrogen and oxygen atoms in total. The van der Waals surface area contributed by atoms with Crippen LogP contribution in [-0.4, -0.2) is 46.9 Å². The Morgan fingerprint density at radius 3 is 2.71 bits per heavy atom. The number of alkyl halides is 1. The van der Waals surface area contributed by atoms with E-state index >= 15 is 0 Å². The zero-order valence-electron chi connectivity index (χ0n) is 16.3. The molecule has 6 heteroatoms. The monoisotopic (exact) mass is 394 g/mol. The van der Waals surface area contributed by atoms with E-state index in [4.69, 9.17) is 16.6 Å². The average Bonchev–Trinajstić information content (AvgIpc) is 2.99. The third-order valence-corrected chi connectivity index (χ3v) is 5.36. The smallest absolute Gasteiger partial charge is 0.239 e. The Hall–Kier alpha value is -2.63. The third-order valence-electron chi connectivity index (χ3n) is 5.12. The lowest BCUT2D eigenvalue weighted by atomic mass is 10.0. The van der Waals surface area contributed by atoms with Crippen molar-refractivity contribution in [1.29, 1.82) is 0 Å². The first kappa shape index (κ1) is 18.7. The Labute approximate surface area is 168 Å². The molecule has 2 aromatic carbocycles. The first-order valence-corrected chi connectivity index (χ1v) is 9.85. The second-order valence-electron chi connectivity index (χ2n) is 7.32. The van der Waals surface area contributed by atoms with E-state index in [2.05, 4.69) is 54.0 Å². The van der Waals surface area contributed by atoms with Gasteiger partial charge < -0.3 is 14.8 Å². The number of rotatable bonds is 5. The zero-order valence-corrected chi connectivity index (χ0v) is 17.0. The van der Waals surface area contributed by atoms with Crippen molar-refractivity contribution in [3.8, 4) is 0 Å². The number of carbonyl (C=O) groups is 1. The molecule has 0 radical (unpaired) electrons. The van der Waals surface area contributed by atoms with Crippen LogP contribution in [0.15, 0.2) is 42.5 Å². The molecule has 28 heavy (non-hydrogen) atoms. The Bertz CT molecular complexity index is 1200. The van der Waals surface area contributed by atoms with E-state index in [1.54, 1.807) is 0 Å². The standard InChI is InChI=1S/C22H23ClN4O/c1-14-16-6-4-5-7-18(16)25-22-21(14)17-12-15(24-20(28)13-23)8-9-19(17)27(22)11-10-26(2)3/h4-9,12H,10-11,13H2,1-3H3,(H,24,28). The van der Waals surface area contributed by atoms with Gasteiger partial charge in [0.1, 0.15) is 11.5 Å². The molecule has 1 amide bonds. The van der Waals surface area contributed by atoms with Gasteiger partial charge in [-0.25, -0.2) is 4.98 Å². The second-order valence-corrected chi connectivity index (χ2v) is 7.59. The maximum absolute atomic E-state index is 11.7. The van der Waals surface area contributed by atoms with Gasteiger partial charge >= 0.3 is 0 Å². The minimum atomic E-state index is -0.211. The van der Waals surface area contributed by atoms with E-state index in [0.29, 0.717) is 0 Å². The molecule has 0 spiro atoms. The van der Waals surface area contributed by atoms with Gasteiger partial charge in [0.2, 0.25) is 5.91 Å². The zero-order chi connectivity index (χ0) is 19.8. The van der Waals surface area contributed by atoms with Gasteiger partial charge in [-0.15, -0.1) is 11.6 Å². The summed E-state index contributed by atoms with van der Waals surface area (Å²) in [4.78, 5) is 18.9. The summed E-state index contributed by atoms with van der Waals surface area (Å²) in [5.41, 5.74) is 5.05. The van der Waals surface area contributed by atoms with Crippen LogP contribution < -0.4 is 5.32 Å². The van der Waals surface area contributed by atoms with Crippen molar-refractivity contribution in [2.24, 2.45) is 0 Å². The molecule has 0 saturated heterocycles. The van der Waals surface area contributed by atoms with Gasteiger partial charge in [0.05, 0.1) is 11.0 Å². The maximum Gasteiger partial charge on any atom is 0.239 e. The summed E-state index contributed by atoms with van der Waals surface area (Å²) in [7, 11) is 4.14. The van der Waals surface area contributed by atoms with Crippen molar-refractivity contribution in [2.75, 3.05) is 31.8 Å². The number of anilines is 1. The van der Waals surface area contributed by atoms with Crippen molar-refractivity contribution in [2.45, 2.75) is 13.5 Å². The lowest BCUT2D eigenvalue weighted by molar-refractivity contribution is -0.113. The highest BCUT2D eigenvalue weighted by atomic mass is 35.5. The summed E-state index contributed by atoms with van der Waals surface area (Å²) in [5.74, 6) is -0.272. The number of nitrogens with one attached hydrogen (secondary N) is 1. The minimum Gasteiger partial charge on any atom is -0.325 e. The number of hydrogen-bond acceptors (Lipinski definition) is 3. The summed E-state index contributed by atoms with van der Waals surface area (Å²) in [6, 6.07) is 14.2. The molecule has 0 aliphatic rings. The second kappa shape index (κ2) is 7.41. The normalized spacial score (nSPS) is 11.8. The fourth-order valence-electron chi connectivity index (χ4n) is 3.76. The first-order valence-electron chi connectivity index (χ1n) is 9.31. The number of halogens is 1.